The summed E-state index contributed by atoms with van der Waals surface area (Å²) in [7, 11) is 0. The number of pyridine rings is 1. The van der Waals surface area contributed by atoms with Crippen LogP contribution in [0.25, 0.3) is 0 Å². The molecule has 0 saturated carbocycles. The lowest BCUT2D eigenvalue weighted by molar-refractivity contribution is 0.450. The van der Waals surface area contributed by atoms with Gasteiger partial charge in [-0.15, -0.1) is 0 Å². The minimum atomic E-state index is -1.33. The van der Waals surface area contributed by atoms with Crippen LogP contribution >= 0.6 is 0 Å². The highest BCUT2D eigenvalue weighted by atomic mass is 19.2. The Morgan fingerprint density at radius 2 is 1.92 bits per heavy atom. The molecule has 66 valence electrons. The monoisotopic (exact) mass is 176 g/mol. The van der Waals surface area contributed by atoms with Gasteiger partial charge in [-0.05, 0) is 6.92 Å². The number of rotatable bonds is 1. The molecule has 1 heterocycles. The second-order valence-corrected chi connectivity index (χ2v) is 2.42. The Hall–Kier alpha value is -1.10. The van der Waals surface area contributed by atoms with E-state index in [9.17, 15) is 13.2 Å². The van der Waals surface area contributed by atoms with E-state index in [1.165, 1.54) is 6.92 Å². The molecule has 2 N–H and O–H groups in total. The van der Waals surface area contributed by atoms with Crippen molar-refractivity contribution in [3.05, 3.63) is 29.3 Å². The van der Waals surface area contributed by atoms with E-state index in [1.807, 2.05) is 0 Å². The van der Waals surface area contributed by atoms with Crippen molar-refractivity contribution in [2.75, 3.05) is 0 Å². The van der Waals surface area contributed by atoms with Gasteiger partial charge in [0.05, 0.1) is 5.69 Å². The summed E-state index contributed by atoms with van der Waals surface area (Å²) in [6.07, 6.45) is 0. The zero-order chi connectivity index (χ0) is 9.30. The Morgan fingerprint density at radius 3 is 2.42 bits per heavy atom. The van der Waals surface area contributed by atoms with Crippen LogP contribution in [0.1, 0.15) is 18.7 Å². The van der Waals surface area contributed by atoms with Gasteiger partial charge in [-0.25, -0.2) is 13.8 Å². The summed E-state index contributed by atoms with van der Waals surface area (Å²) < 4.78 is 37.4. The standard InChI is InChI=1S/C7H7F3N2/c1-3(11)6-4(8)2-5(9)7(10)12-6/h2-3H,11H2,1H3/t3-/m0/s1. The van der Waals surface area contributed by atoms with Gasteiger partial charge in [-0.2, -0.15) is 4.39 Å². The Labute approximate surface area is 67.2 Å². The van der Waals surface area contributed by atoms with E-state index >= 15 is 0 Å². The van der Waals surface area contributed by atoms with Gasteiger partial charge in [0.15, 0.2) is 5.82 Å². The van der Waals surface area contributed by atoms with Gasteiger partial charge in [0.2, 0.25) is 5.95 Å². The number of hydrogen-bond donors (Lipinski definition) is 1. The van der Waals surface area contributed by atoms with Gasteiger partial charge < -0.3 is 5.73 Å². The summed E-state index contributed by atoms with van der Waals surface area (Å²) in [6, 6.07) is -0.318. The highest BCUT2D eigenvalue weighted by Crippen LogP contribution is 2.14. The third-order valence-electron chi connectivity index (χ3n) is 1.35. The Bertz CT molecular complexity index is 299. The van der Waals surface area contributed by atoms with Gasteiger partial charge in [0, 0.05) is 12.1 Å². The summed E-state index contributed by atoms with van der Waals surface area (Å²) in [6.45, 7) is 1.43. The van der Waals surface area contributed by atoms with Crippen LogP contribution in [0, 0.1) is 17.6 Å². The first kappa shape index (κ1) is 8.99. The van der Waals surface area contributed by atoms with Crippen molar-refractivity contribution in [1.29, 1.82) is 0 Å². The van der Waals surface area contributed by atoms with E-state index in [4.69, 9.17) is 5.73 Å². The first-order valence-electron chi connectivity index (χ1n) is 3.29. The molecule has 0 bridgehead atoms. The number of nitrogens with zero attached hydrogens (tertiary/aromatic N) is 1. The van der Waals surface area contributed by atoms with Crippen LogP contribution in [0.2, 0.25) is 0 Å². The van der Waals surface area contributed by atoms with Gasteiger partial charge in [0.1, 0.15) is 5.82 Å². The van der Waals surface area contributed by atoms with E-state index < -0.39 is 23.6 Å². The fraction of sp³-hybridized carbons (Fsp3) is 0.286. The van der Waals surface area contributed by atoms with E-state index in [0.717, 1.165) is 0 Å². The van der Waals surface area contributed by atoms with Crippen LogP contribution in [0.15, 0.2) is 6.07 Å². The summed E-state index contributed by atoms with van der Waals surface area (Å²) in [5.41, 5.74) is 4.97. The fourth-order valence-corrected chi connectivity index (χ4v) is 0.777. The van der Waals surface area contributed by atoms with Crippen LogP contribution in [-0.4, -0.2) is 4.98 Å². The lowest BCUT2D eigenvalue weighted by Gasteiger charge is -2.05. The number of halogens is 3. The SMILES string of the molecule is C[C@H](N)c1nc(F)c(F)cc1F. The van der Waals surface area contributed by atoms with Crippen molar-refractivity contribution < 1.29 is 13.2 Å². The molecule has 0 fully saturated rings. The number of hydrogen-bond acceptors (Lipinski definition) is 2. The summed E-state index contributed by atoms with van der Waals surface area (Å²) in [5, 5.41) is 0. The second kappa shape index (κ2) is 3.10. The fourth-order valence-electron chi connectivity index (χ4n) is 0.777. The molecule has 0 aliphatic heterocycles. The summed E-state index contributed by atoms with van der Waals surface area (Å²) >= 11 is 0. The molecule has 1 atom stereocenters. The molecule has 0 saturated heterocycles. The average Bonchev–Trinajstić information content (AvgIpc) is 1.96. The Morgan fingerprint density at radius 1 is 1.33 bits per heavy atom. The van der Waals surface area contributed by atoms with Crippen molar-refractivity contribution in [1.82, 2.24) is 4.98 Å². The predicted molar refractivity (Wildman–Crippen MR) is 36.7 cm³/mol. The molecule has 1 aromatic rings. The van der Waals surface area contributed by atoms with E-state index in [-0.39, 0.29) is 5.69 Å². The average molecular weight is 176 g/mol. The first-order valence-corrected chi connectivity index (χ1v) is 3.29. The molecule has 0 spiro atoms. The van der Waals surface area contributed by atoms with Crippen LogP contribution in [0.4, 0.5) is 13.2 Å². The minimum absolute atomic E-state index is 0.270. The molecular formula is C7H7F3N2. The van der Waals surface area contributed by atoms with Crippen molar-refractivity contribution in [3.63, 3.8) is 0 Å². The molecule has 0 aromatic carbocycles. The first-order chi connectivity index (χ1) is 5.52. The van der Waals surface area contributed by atoms with Crippen LogP contribution < -0.4 is 5.73 Å². The lowest BCUT2D eigenvalue weighted by Crippen LogP contribution is -2.11. The van der Waals surface area contributed by atoms with Crippen LogP contribution in [-0.2, 0) is 0 Å². The summed E-state index contributed by atoms with van der Waals surface area (Å²) in [4.78, 5) is 3.03. The predicted octanol–water partition coefficient (Wildman–Crippen LogP) is 1.52. The van der Waals surface area contributed by atoms with Gasteiger partial charge in [-0.3, -0.25) is 0 Å². The molecule has 0 aliphatic rings. The molecular weight excluding hydrogens is 169 g/mol. The molecule has 5 heteroatoms. The van der Waals surface area contributed by atoms with Crippen molar-refractivity contribution in [2.45, 2.75) is 13.0 Å². The highest BCUT2D eigenvalue weighted by molar-refractivity contribution is 5.12. The maximum Gasteiger partial charge on any atom is 0.249 e. The summed E-state index contributed by atoms with van der Waals surface area (Å²) in [5.74, 6) is -3.57. The van der Waals surface area contributed by atoms with Crippen LogP contribution in [0.5, 0.6) is 0 Å². The molecule has 0 amide bonds. The van der Waals surface area contributed by atoms with Crippen molar-refractivity contribution >= 4 is 0 Å². The third-order valence-corrected chi connectivity index (χ3v) is 1.35. The molecule has 12 heavy (non-hydrogen) atoms. The molecule has 1 aromatic heterocycles. The third kappa shape index (κ3) is 1.55. The van der Waals surface area contributed by atoms with Gasteiger partial charge in [0.25, 0.3) is 0 Å². The number of nitrogens with two attached hydrogens (primary N) is 1. The highest BCUT2D eigenvalue weighted by Gasteiger charge is 2.13. The maximum absolute atomic E-state index is 12.7. The van der Waals surface area contributed by atoms with Crippen molar-refractivity contribution in [2.24, 2.45) is 5.73 Å². The molecule has 0 aliphatic carbocycles. The Kier molecular flexibility index (Phi) is 2.32. The normalized spacial score (nSPS) is 13.1. The smallest absolute Gasteiger partial charge is 0.249 e. The maximum atomic E-state index is 12.7. The van der Waals surface area contributed by atoms with E-state index in [2.05, 4.69) is 4.98 Å². The minimum Gasteiger partial charge on any atom is -0.323 e. The topological polar surface area (TPSA) is 38.9 Å². The molecule has 0 radical (unpaired) electrons. The van der Waals surface area contributed by atoms with Gasteiger partial charge >= 0.3 is 0 Å². The quantitative estimate of drug-likeness (QED) is 0.659. The van der Waals surface area contributed by atoms with E-state index in [1.54, 1.807) is 0 Å². The molecule has 1 rings (SSSR count). The van der Waals surface area contributed by atoms with Crippen LogP contribution in [0.3, 0.4) is 0 Å². The zero-order valence-corrected chi connectivity index (χ0v) is 6.31. The van der Waals surface area contributed by atoms with Gasteiger partial charge in [-0.1, -0.05) is 0 Å². The second-order valence-electron chi connectivity index (χ2n) is 2.42. The lowest BCUT2D eigenvalue weighted by atomic mass is 10.2. The Balaban J connectivity index is 3.23. The van der Waals surface area contributed by atoms with E-state index in [0.29, 0.717) is 6.07 Å². The molecule has 0 unspecified atom stereocenters. The largest absolute Gasteiger partial charge is 0.323 e. The zero-order valence-electron chi connectivity index (χ0n) is 6.31. The molecule has 2 nitrogen and oxygen atoms in total. The number of aromatic nitrogens is 1. The van der Waals surface area contributed by atoms with Crippen molar-refractivity contribution in [3.8, 4) is 0 Å².